The number of furan rings is 1. The Hall–Kier alpha value is -3.76. The zero-order valence-electron chi connectivity index (χ0n) is 20.7. The molecule has 188 valence electrons. The van der Waals surface area contributed by atoms with Crippen LogP contribution < -0.4 is 10.6 Å². The van der Waals surface area contributed by atoms with E-state index in [0.717, 1.165) is 24.2 Å². The Morgan fingerprint density at radius 2 is 1.86 bits per heavy atom. The quantitative estimate of drug-likeness (QED) is 0.544. The van der Waals surface area contributed by atoms with Crippen molar-refractivity contribution < 1.29 is 13.9 Å². The number of carbonyl (C=O) groups excluding carboxylic acids is 1. The summed E-state index contributed by atoms with van der Waals surface area (Å²) in [5.74, 6) is 1.02. The number of aryl methyl sites for hydroxylation is 1. The topological polar surface area (TPSA) is 113 Å². The molecular weight excluding hydrogens is 458 g/mol. The van der Waals surface area contributed by atoms with Crippen LogP contribution in [0.15, 0.2) is 45.8 Å². The van der Waals surface area contributed by atoms with Gasteiger partial charge in [0.05, 0.1) is 13.2 Å². The van der Waals surface area contributed by atoms with Crippen LogP contribution >= 0.6 is 0 Å². The number of allylic oxidation sites excluding steroid dienone is 1. The van der Waals surface area contributed by atoms with Crippen molar-refractivity contribution in [2.24, 2.45) is 10.7 Å². The van der Waals surface area contributed by atoms with Crippen molar-refractivity contribution in [2.45, 2.75) is 6.92 Å². The largest absolute Gasteiger partial charge is 0.445 e. The van der Waals surface area contributed by atoms with E-state index in [1.165, 1.54) is 0 Å². The average molecular weight is 490 g/mol. The summed E-state index contributed by atoms with van der Waals surface area (Å²) in [6.07, 6.45) is 3.33. The van der Waals surface area contributed by atoms with Gasteiger partial charge in [-0.3, -0.25) is 4.79 Å². The van der Waals surface area contributed by atoms with E-state index < -0.39 is 0 Å². The minimum atomic E-state index is -0.132. The number of likely N-dealkylation sites (N-methyl/N-ethyl adjacent to an activating group) is 1. The van der Waals surface area contributed by atoms with Crippen LogP contribution in [0.4, 0.5) is 11.8 Å². The molecule has 1 amide bonds. The molecule has 1 aromatic carbocycles. The minimum Gasteiger partial charge on any atom is -0.445 e. The summed E-state index contributed by atoms with van der Waals surface area (Å²) in [5, 5.41) is 0. The highest BCUT2D eigenvalue weighted by atomic mass is 16.5. The predicted octanol–water partition coefficient (Wildman–Crippen LogP) is 2.46. The first-order valence-electron chi connectivity index (χ1n) is 12.2. The lowest BCUT2D eigenvalue weighted by atomic mass is 10.1. The fourth-order valence-electron chi connectivity index (χ4n) is 4.33. The number of hydrogen-bond donors (Lipinski definition) is 1. The van der Waals surface area contributed by atoms with Crippen LogP contribution in [0.3, 0.4) is 0 Å². The Morgan fingerprint density at radius 1 is 1.08 bits per heavy atom. The highest BCUT2D eigenvalue weighted by Gasteiger charge is 2.26. The van der Waals surface area contributed by atoms with Gasteiger partial charge in [0.1, 0.15) is 5.52 Å². The highest BCUT2D eigenvalue weighted by Crippen LogP contribution is 2.30. The number of aromatic nitrogens is 2. The van der Waals surface area contributed by atoms with Crippen molar-refractivity contribution in [1.82, 2.24) is 19.8 Å². The predicted molar refractivity (Wildman–Crippen MR) is 140 cm³/mol. The van der Waals surface area contributed by atoms with E-state index in [1.807, 2.05) is 36.1 Å². The number of amides is 1. The van der Waals surface area contributed by atoms with Gasteiger partial charge in [-0.2, -0.15) is 4.98 Å². The van der Waals surface area contributed by atoms with Crippen LogP contribution in [0.5, 0.6) is 0 Å². The van der Waals surface area contributed by atoms with E-state index in [1.54, 1.807) is 18.4 Å². The molecule has 2 fully saturated rings. The Labute approximate surface area is 210 Å². The molecule has 0 radical (unpaired) electrons. The third kappa shape index (κ3) is 5.24. The molecular formula is C26H31N7O3. The van der Waals surface area contributed by atoms with Crippen molar-refractivity contribution in [3.63, 3.8) is 0 Å². The SMILES string of the molecule is Cc1cccc(C(N)=CC=Nc2nc(N3CCOCC3)c3oc(C(=O)N4CCN(C)CC4)cc3n2)c1. The number of piperazine rings is 1. The van der Waals surface area contributed by atoms with E-state index >= 15 is 0 Å². The van der Waals surface area contributed by atoms with Gasteiger partial charge in [-0.05, 0) is 31.7 Å². The number of carbonyl (C=O) groups is 1. The summed E-state index contributed by atoms with van der Waals surface area (Å²) in [6, 6.07) is 9.65. The van der Waals surface area contributed by atoms with E-state index in [2.05, 4.69) is 31.8 Å². The van der Waals surface area contributed by atoms with Gasteiger partial charge in [0, 0.05) is 57.2 Å². The summed E-state index contributed by atoms with van der Waals surface area (Å²) in [5.41, 5.74) is 9.92. The molecule has 2 saturated heterocycles. The summed E-state index contributed by atoms with van der Waals surface area (Å²) in [4.78, 5) is 32.9. The molecule has 4 heterocycles. The summed E-state index contributed by atoms with van der Waals surface area (Å²) >= 11 is 0. The van der Waals surface area contributed by atoms with E-state index in [-0.39, 0.29) is 17.6 Å². The zero-order chi connectivity index (χ0) is 25.1. The van der Waals surface area contributed by atoms with Crippen LogP contribution in [-0.4, -0.2) is 91.4 Å². The molecule has 36 heavy (non-hydrogen) atoms. The lowest BCUT2D eigenvalue weighted by Crippen LogP contribution is -2.47. The second-order valence-electron chi connectivity index (χ2n) is 9.14. The molecule has 2 aliphatic heterocycles. The highest BCUT2D eigenvalue weighted by molar-refractivity contribution is 5.97. The molecule has 2 aliphatic rings. The normalized spacial score (nSPS) is 17.9. The Bertz CT molecular complexity index is 1300. The molecule has 2 N–H and O–H groups in total. The van der Waals surface area contributed by atoms with Crippen LogP contribution in [-0.2, 0) is 4.74 Å². The van der Waals surface area contributed by atoms with Gasteiger partial charge >= 0.3 is 0 Å². The number of morpholine rings is 1. The van der Waals surface area contributed by atoms with Crippen molar-refractivity contribution in [3.05, 3.63) is 53.3 Å². The van der Waals surface area contributed by atoms with E-state index in [0.29, 0.717) is 62.0 Å². The lowest BCUT2D eigenvalue weighted by Gasteiger charge is -2.31. The number of benzene rings is 1. The molecule has 0 aliphatic carbocycles. The maximum atomic E-state index is 13.1. The molecule has 10 heteroatoms. The molecule has 0 atom stereocenters. The summed E-state index contributed by atoms with van der Waals surface area (Å²) in [7, 11) is 2.05. The zero-order valence-corrected chi connectivity index (χ0v) is 20.7. The first-order valence-corrected chi connectivity index (χ1v) is 12.2. The average Bonchev–Trinajstić information content (AvgIpc) is 3.33. The fraction of sp³-hybridized carbons (Fsp3) is 0.385. The number of nitrogens with zero attached hydrogens (tertiary/aromatic N) is 6. The monoisotopic (exact) mass is 489 g/mol. The molecule has 10 nitrogen and oxygen atoms in total. The molecule has 0 bridgehead atoms. The molecule has 2 aromatic heterocycles. The molecule has 3 aromatic rings. The number of ether oxygens (including phenoxy) is 1. The van der Waals surface area contributed by atoms with Crippen molar-refractivity contribution in [1.29, 1.82) is 0 Å². The second kappa shape index (κ2) is 10.5. The Kier molecular flexibility index (Phi) is 6.97. The molecule has 5 rings (SSSR count). The van der Waals surface area contributed by atoms with E-state index in [4.69, 9.17) is 14.9 Å². The number of hydrogen-bond acceptors (Lipinski definition) is 9. The minimum absolute atomic E-state index is 0.132. The van der Waals surface area contributed by atoms with Gasteiger partial charge in [-0.25, -0.2) is 9.98 Å². The number of rotatable bonds is 5. The summed E-state index contributed by atoms with van der Waals surface area (Å²) < 4.78 is 11.6. The second-order valence-corrected chi connectivity index (χ2v) is 9.14. The maximum Gasteiger partial charge on any atom is 0.289 e. The van der Waals surface area contributed by atoms with Gasteiger partial charge in [0.25, 0.3) is 11.9 Å². The Balaban J connectivity index is 1.46. The third-order valence-corrected chi connectivity index (χ3v) is 6.45. The van der Waals surface area contributed by atoms with Crippen LogP contribution in [0.25, 0.3) is 16.8 Å². The molecule has 0 saturated carbocycles. The van der Waals surface area contributed by atoms with Gasteiger partial charge in [-0.1, -0.05) is 23.8 Å². The Morgan fingerprint density at radius 3 is 2.61 bits per heavy atom. The number of anilines is 1. The van der Waals surface area contributed by atoms with Gasteiger partial charge in [-0.15, -0.1) is 0 Å². The van der Waals surface area contributed by atoms with Crippen LogP contribution in [0.2, 0.25) is 0 Å². The van der Waals surface area contributed by atoms with Gasteiger partial charge in [0.2, 0.25) is 0 Å². The van der Waals surface area contributed by atoms with E-state index in [9.17, 15) is 4.79 Å². The first-order chi connectivity index (χ1) is 17.5. The number of nitrogens with two attached hydrogens (primary N) is 1. The smallest absolute Gasteiger partial charge is 0.289 e. The lowest BCUT2D eigenvalue weighted by molar-refractivity contribution is 0.0635. The van der Waals surface area contributed by atoms with Gasteiger partial charge in [0.15, 0.2) is 17.2 Å². The van der Waals surface area contributed by atoms with Crippen LogP contribution in [0.1, 0.15) is 21.7 Å². The number of fused-ring (bicyclic) bond motifs is 1. The molecule has 0 unspecified atom stereocenters. The van der Waals surface area contributed by atoms with Crippen molar-refractivity contribution in [2.75, 3.05) is 64.4 Å². The van der Waals surface area contributed by atoms with Crippen molar-refractivity contribution >= 4 is 40.7 Å². The first kappa shape index (κ1) is 24.0. The third-order valence-electron chi connectivity index (χ3n) is 6.45. The van der Waals surface area contributed by atoms with Crippen LogP contribution in [0, 0.1) is 6.92 Å². The van der Waals surface area contributed by atoms with Crippen molar-refractivity contribution in [3.8, 4) is 0 Å². The number of aliphatic imine (C=N–C) groups is 1. The fourth-order valence-corrected chi connectivity index (χ4v) is 4.33. The standard InChI is InChI=1S/C26H31N7O3/c1-18-4-3-5-19(16-18)20(27)6-7-28-26-29-21-17-22(25(34)33-10-8-31(2)9-11-33)36-23(21)24(30-26)32-12-14-35-15-13-32/h3-7,16-17H,8-15,27H2,1-2H3. The van der Waals surface area contributed by atoms with Gasteiger partial charge < -0.3 is 29.6 Å². The molecule has 0 spiro atoms. The summed E-state index contributed by atoms with van der Waals surface area (Å²) in [6.45, 7) is 7.54. The maximum absolute atomic E-state index is 13.1.